The fourth-order valence-corrected chi connectivity index (χ4v) is 4.67. The van der Waals surface area contributed by atoms with Gasteiger partial charge in [-0.05, 0) is 24.6 Å². The Balaban J connectivity index is 2.41. The average Bonchev–Trinajstić information content (AvgIpc) is 2.86. The minimum atomic E-state index is -3.67. The molecule has 112 valence electrons. The first-order valence-corrected chi connectivity index (χ1v) is 9.45. The molecule has 0 bridgehead atoms. The zero-order chi connectivity index (χ0) is 15.0. The van der Waals surface area contributed by atoms with Crippen molar-refractivity contribution in [1.82, 2.24) is 4.31 Å². The Hall–Kier alpha value is -0.960. The first kappa shape index (κ1) is 15.4. The normalized spacial score (nSPS) is 21.2. The van der Waals surface area contributed by atoms with Gasteiger partial charge in [-0.1, -0.05) is 13.0 Å². The SMILES string of the molecule is CCS(=O)(=O)c1cccc(S(=O)(=O)N2CC[C@H](N)C2)c1. The number of rotatable bonds is 4. The van der Waals surface area contributed by atoms with Crippen LogP contribution in [0.1, 0.15) is 13.3 Å². The number of benzene rings is 1. The second-order valence-corrected chi connectivity index (χ2v) is 9.01. The predicted molar refractivity (Wildman–Crippen MR) is 75.5 cm³/mol. The van der Waals surface area contributed by atoms with Gasteiger partial charge in [0.15, 0.2) is 9.84 Å². The molecule has 20 heavy (non-hydrogen) atoms. The van der Waals surface area contributed by atoms with E-state index < -0.39 is 19.9 Å². The van der Waals surface area contributed by atoms with Gasteiger partial charge in [0.2, 0.25) is 10.0 Å². The molecule has 6 nitrogen and oxygen atoms in total. The van der Waals surface area contributed by atoms with Crippen molar-refractivity contribution in [3.63, 3.8) is 0 Å². The lowest BCUT2D eigenvalue weighted by molar-refractivity contribution is 0.472. The molecule has 0 spiro atoms. The second-order valence-electron chi connectivity index (χ2n) is 4.79. The van der Waals surface area contributed by atoms with Crippen molar-refractivity contribution in [2.24, 2.45) is 5.73 Å². The second kappa shape index (κ2) is 5.44. The number of sulfone groups is 1. The van der Waals surface area contributed by atoms with Crippen LogP contribution in [0.4, 0.5) is 0 Å². The van der Waals surface area contributed by atoms with E-state index in [-0.39, 0.29) is 28.1 Å². The molecule has 2 rings (SSSR count). The molecule has 1 heterocycles. The van der Waals surface area contributed by atoms with E-state index in [1.807, 2.05) is 0 Å². The Bertz CT molecular complexity index is 698. The predicted octanol–water partition coefficient (Wildman–Crippen LogP) is 0.202. The van der Waals surface area contributed by atoms with Gasteiger partial charge in [0.25, 0.3) is 0 Å². The lowest BCUT2D eigenvalue weighted by atomic mass is 10.3. The molecular formula is C12H18N2O4S2. The molecule has 1 aromatic rings. The summed E-state index contributed by atoms with van der Waals surface area (Å²) in [6.45, 7) is 2.16. The third-order valence-electron chi connectivity index (χ3n) is 3.37. The van der Waals surface area contributed by atoms with Gasteiger partial charge < -0.3 is 5.73 Å². The maximum Gasteiger partial charge on any atom is 0.243 e. The van der Waals surface area contributed by atoms with E-state index in [4.69, 9.17) is 5.73 Å². The summed E-state index contributed by atoms with van der Waals surface area (Å²) in [7, 11) is -7.10. The van der Waals surface area contributed by atoms with Gasteiger partial charge in [0.1, 0.15) is 0 Å². The fourth-order valence-electron chi connectivity index (χ4n) is 2.12. The van der Waals surface area contributed by atoms with E-state index in [9.17, 15) is 16.8 Å². The van der Waals surface area contributed by atoms with E-state index in [1.54, 1.807) is 0 Å². The van der Waals surface area contributed by atoms with Crippen LogP contribution in [0.5, 0.6) is 0 Å². The lowest BCUT2D eigenvalue weighted by Crippen LogP contribution is -2.32. The highest BCUT2D eigenvalue weighted by atomic mass is 32.2. The van der Waals surface area contributed by atoms with Gasteiger partial charge in [-0.25, -0.2) is 16.8 Å². The van der Waals surface area contributed by atoms with E-state index in [0.717, 1.165) is 0 Å². The third kappa shape index (κ3) is 2.88. The number of sulfonamides is 1. The van der Waals surface area contributed by atoms with Crippen LogP contribution < -0.4 is 5.73 Å². The maximum atomic E-state index is 12.4. The fraction of sp³-hybridized carbons (Fsp3) is 0.500. The summed E-state index contributed by atoms with van der Waals surface area (Å²) in [4.78, 5) is 0.0331. The zero-order valence-corrected chi connectivity index (χ0v) is 12.8. The Morgan fingerprint density at radius 1 is 1.25 bits per heavy atom. The molecule has 2 N–H and O–H groups in total. The number of nitrogens with two attached hydrogens (primary N) is 1. The van der Waals surface area contributed by atoms with E-state index in [0.29, 0.717) is 13.0 Å². The van der Waals surface area contributed by atoms with Crippen molar-refractivity contribution in [3.8, 4) is 0 Å². The first-order chi connectivity index (χ1) is 9.27. The lowest BCUT2D eigenvalue weighted by Gasteiger charge is -2.16. The first-order valence-electron chi connectivity index (χ1n) is 6.36. The van der Waals surface area contributed by atoms with Crippen molar-refractivity contribution in [1.29, 1.82) is 0 Å². The molecule has 0 aromatic heterocycles. The van der Waals surface area contributed by atoms with E-state index in [2.05, 4.69) is 0 Å². The molecule has 1 aromatic carbocycles. The van der Waals surface area contributed by atoms with Crippen molar-refractivity contribution in [2.75, 3.05) is 18.8 Å². The highest BCUT2D eigenvalue weighted by Crippen LogP contribution is 2.23. The van der Waals surface area contributed by atoms with Crippen LogP contribution in [0, 0.1) is 0 Å². The van der Waals surface area contributed by atoms with Gasteiger partial charge in [-0.15, -0.1) is 0 Å². The topological polar surface area (TPSA) is 97.5 Å². The molecule has 0 saturated carbocycles. The van der Waals surface area contributed by atoms with Crippen LogP contribution >= 0.6 is 0 Å². The number of hydrogen-bond acceptors (Lipinski definition) is 5. The Morgan fingerprint density at radius 2 is 1.90 bits per heavy atom. The minimum absolute atomic E-state index is 0.00104. The van der Waals surface area contributed by atoms with Crippen LogP contribution in [0.15, 0.2) is 34.1 Å². The Kier molecular flexibility index (Phi) is 4.19. The highest BCUT2D eigenvalue weighted by molar-refractivity contribution is 7.91. The quantitative estimate of drug-likeness (QED) is 0.855. The standard InChI is InChI=1S/C12H18N2O4S2/c1-2-19(15,16)11-4-3-5-12(8-11)20(17,18)14-7-6-10(13)9-14/h3-5,8,10H,2,6-7,9,13H2,1H3/t10-/m0/s1. The average molecular weight is 318 g/mol. The largest absolute Gasteiger partial charge is 0.326 e. The van der Waals surface area contributed by atoms with Crippen LogP contribution in [-0.4, -0.2) is 46.0 Å². The van der Waals surface area contributed by atoms with Crippen molar-refractivity contribution in [2.45, 2.75) is 29.2 Å². The summed E-state index contributed by atoms with van der Waals surface area (Å²) in [6, 6.07) is 5.33. The molecular weight excluding hydrogens is 300 g/mol. The summed E-state index contributed by atoms with van der Waals surface area (Å²) in [5.74, 6) is -0.0644. The minimum Gasteiger partial charge on any atom is -0.326 e. The number of hydrogen-bond donors (Lipinski definition) is 1. The van der Waals surface area contributed by atoms with Gasteiger partial charge in [0, 0.05) is 19.1 Å². The van der Waals surface area contributed by atoms with Crippen LogP contribution in [0.25, 0.3) is 0 Å². The molecule has 8 heteroatoms. The number of nitrogens with zero attached hydrogens (tertiary/aromatic N) is 1. The van der Waals surface area contributed by atoms with Gasteiger partial charge in [-0.3, -0.25) is 0 Å². The summed E-state index contributed by atoms with van der Waals surface area (Å²) in [5.41, 5.74) is 5.72. The zero-order valence-electron chi connectivity index (χ0n) is 11.2. The molecule has 1 saturated heterocycles. The molecule has 0 aliphatic carbocycles. The molecule has 0 amide bonds. The van der Waals surface area contributed by atoms with Gasteiger partial charge >= 0.3 is 0 Å². The van der Waals surface area contributed by atoms with E-state index in [1.165, 1.54) is 35.5 Å². The summed E-state index contributed by atoms with van der Waals surface area (Å²) in [5, 5.41) is 0. The van der Waals surface area contributed by atoms with Gasteiger partial charge in [0.05, 0.1) is 15.5 Å². The molecule has 1 aliphatic rings. The molecule has 1 fully saturated rings. The molecule has 1 atom stereocenters. The third-order valence-corrected chi connectivity index (χ3v) is 6.96. The Labute approximate surface area is 119 Å². The Morgan fingerprint density at radius 3 is 2.45 bits per heavy atom. The smallest absolute Gasteiger partial charge is 0.243 e. The molecule has 1 aliphatic heterocycles. The van der Waals surface area contributed by atoms with Crippen molar-refractivity contribution < 1.29 is 16.8 Å². The van der Waals surface area contributed by atoms with Crippen LogP contribution in [-0.2, 0) is 19.9 Å². The summed E-state index contributed by atoms with van der Waals surface area (Å²) < 4.78 is 49.8. The van der Waals surface area contributed by atoms with Crippen LogP contribution in [0.3, 0.4) is 0 Å². The summed E-state index contributed by atoms with van der Waals surface area (Å²) in [6.07, 6.45) is 0.617. The summed E-state index contributed by atoms with van der Waals surface area (Å²) >= 11 is 0. The van der Waals surface area contributed by atoms with Crippen molar-refractivity contribution in [3.05, 3.63) is 24.3 Å². The van der Waals surface area contributed by atoms with E-state index >= 15 is 0 Å². The maximum absolute atomic E-state index is 12.4. The monoisotopic (exact) mass is 318 g/mol. The molecule has 0 unspecified atom stereocenters. The van der Waals surface area contributed by atoms with Crippen LogP contribution in [0.2, 0.25) is 0 Å². The highest BCUT2D eigenvalue weighted by Gasteiger charge is 2.31. The van der Waals surface area contributed by atoms with Gasteiger partial charge in [-0.2, -0.15) is 4.31 Å². The van der Waals surface area contributed by atoms with Crippen molar-refractivity contribution >= 4 is 19.9 Å². The molecule has 0 radical (unpaired) electrons.